The van der Waals surface area contributed by atoms with Gasteiger partial charge in [-0.2, -0.15) is 0 Å². The summed E-state index contributed by atoms with van der Waals surface area (Å²) >= 11 is 5.93. The van der Waals surface area contributed by atoms with Crippen molar-refractivity contribution < 1.29 is 9.53 Å². The van der Waals surface area contributed by atoms with Gasteiger partial charge in [-0.25, -0.2) is 0 Å². The maximum absolute atomic E-state index is 12.7. The summed E-state index contributed by atoms with van der Waals surface area (Å²) in [6.45, 7) is 5.84. The number of ether oxygens (including phenoxy) is 1. The smallest absolute Gasteiger partial charge is 0.166 e. The predicted molar refractivity (Wildman–Crippen MR) is 129 cm³/mol. The number of piperidine rings is 1. The Morgan fingerprint density at radius 3 is 2.48 bits per heavy atom. The Morgan fingerprint density at radius 1 is 1.03 bits per heavy atom. The molecule has 0 amide bonds. The van der Waals surface area contributed by atoms with E-state index in [0.29, 0.717) is 5.02 Å². The third-order valence-electron chi connectivity index (χ3n) is 6.29. The number of carbonyl (C=O) groups excluding carboxylic acids is 1. The molecule has 0 radical (unpaired) electrons. The van der Waals surface area contributed by atoms with Crippen LogP contribution in [0.2, 0.25) is 5.02 Å². The van der Waals surface area contributed by atoms with Crippen molar-refractivity contribution in [2.45, 2.75) is 32.1 Å². The van der Waals surface area contributed by atoms with Crippen LogP contribution in [0.15, 0.2) is 42.5 Å². The number of hydrogen-bond donors (Lipinski definition) is 1. The van der Waals surface area contributed by atoms with Crippen LogP contribution >= 0.6 is 24.0 Å². The van der Waals surface area contributed by atoms with Crippen LogP contribution in [0.3, 0.4) is 0 Å². The molecule has 0 unspecified atom stereocenters. The first-order valence-electron chi connectivity index (χ1n) is 11.2. The molecule has 1 N–H and O–H groups in total. The fourth-order valence-corrected chi connectivity index (χ4v) is 4.61. The topological polar surface area (TPSA) is 41.6 Å². The Labute approximate surface area is 196 Å². The van der Waals surface area contributed by atoms with Crippen molar-refractivity contribution in [1.29, 1.82) is 0 Å². The van der Waals surface area contributed by atoms with E-state index in [2.05, 4.69) is 28.4 Å². The number of Topliss-reactive ketones (excluding diaryl/α,β-unsaturated/α-hetero) is 1. The lowest BCUT2D eigenvalue weighted by molar-refractivity contribution is 0.0835. The van der Waals surface area contributed by atoms with Crippen molar-refractivity contribution in [3.63, 3.8) is 0 Å². The van der Waals surface area contributed by atoms with Crippen LogP contribution < -0.4 is 10.1 Å². The second-order valence-electron chi connectivity index (χ2n) is 8.37. The first-order chi connectivity index (χ1) is 14.7. The fourth-order valence-electron chi connectivity index (χ4n) is 4.49. The third-order valence-corrected chi connectivity index (χ3v) is 6.55. The van der Waals surface area contributed by atoms with Gasteiger partial charge in [0.25, 0.3) is 0 Å². The van der Waals surface area contributed by atoms with Crippen molar-refractivity contribution in [2.75, 3.05) is 39.3 Å². The molecular formula is C25H32Cl2N2O2. The lowest BCUT2D eigenvalue weighted by Gasteiger charge is -2.31. The lowest BCUT2D eigenvalue weighted by atomic mass is 9.89. The molecule has 0 atom stereocenters. The molecular weight excluding hydrogens is 431 g/mol. The van der Waals surface area contributed by atoms with Gasteiger partial charge in [0.2, 0.25) is 0 Å². The van der Waals surface area contributed by atoms with Crippen LogP contribution in [0.25, 0.3) is 0 Å². The van der Waals surface area contributed by atoms with Gasteiger partial charge in [-0.05, 0) is 106 Å². The molecule has 0 bridgehead atoms. The molecule has 31 heavy (non-hydrogen) atoms. The zero-order chi connectivity index (χ0) is 20.8. The lowest BCUT2D eigenvalue weighted by Crippen LogP contribution is -2.37. The van der Waals surface area contributed by atoms with Crippen LogP contribution in [-0.4, -0.2) is 50.0 Å². The number of fused-ring (bicyclic) bond motifs is 1. The summed E-state index contributed by atoms with van der Waals surface area (Å²) in [7, 11) is 0. The van der Waals surface area contributed by atoms with Crippen LogP contribution in [0, 0.1) is 5.92 Å². The van der Waals surface area contributed by atoms with Gasteiger partial charge in [0.05, 0.1) is 6.61 Å². The zero-order valence-corrected chi connectivity index (χ0v) is 19.5. The van der Waals surface area contributed by atoms with Gasteiger partial charge in [0, 0.05) is 23.0 Å². The Morgan fingerprint density at radius 2 is 1.74 bits per heavy atom. The number of halogens is 2. The molecule has 1 fully saturated rings. The Kier molecular flexibility index (Phi) is 9.21. The summed E-state index contributed by atoms with van der Waals surface area (Å²) in [6, 6.07) is 13.8. The van der Waals surface area contributed by atoms with E-state index in [1.807, 2.05) is 12.1 Å². The molecule has 168 valence electrons. The van der Waals surface area contributed by atoms with Crippen LogP contribution in [0.4, 0.5) is 0 Å². The highest BCUT2D eigenvalue weighted by Crippen LogP contribution is 2.23. The Bertz CT molecular complexity index is 849. The minimum atomic E-state index is 0. The first kappa shape index (κ1) is 24.1. The summed E-state index contributed by atoms with van der Waals surface area (Å²) in [4.78, 5) is 15.1. The van der Waals surface area contributed by atoms with Gasteiger partial charge >= 0.3 is 0 Å². The molecule has 0 spiro atoms. The number of nitrogens with one attached hydrogen (secondary N) is 1. The van der Waals surface area contributed by atoms with Gasteiger partial charge in [0.1, 0.15) is 5.75 Å². The molecule has 0 saturated carbocycles. The maximum Gasteiger partial charge on any atom is 0.166 e. The van der Waals surface area contributed by atoms with Crippen LogP contribution in [-0.2, 0) is 12.8 Å². The van der Waals surface area contributed by atoms with Crippen molar-refractivity contribution in [3.05, 3.63) is 64.2 Å². The van der Waals surface area contributed by atoms with Crippen molar-refractivity contribution in [3.8, 4) is 5.75 Å². The molecule has 2 aromatic rings. The SMILES string of the molecule is Cl.O=C(c1ccc(Cl)cc1)C1CCN(CCCOc2ccc3c(c2)CCNCC3)CC1. The summed E-state index contributed by atoms with van der Waals surface area (Å²) in [5.74, 6) is 1.38. The van der Waals surface area contributed by atoms with Crippen LogP contribution in [0.5, 0.6) is 5.75 Å². The molecule has 0 aliphatic carbocycles. The standard InChI is InChI=1S/C25H31ClN2O2.ClH/c26-23-5-2-20(3-6-23)25(29)21-10-15-28(16-11-21)14-1-17-30-24-7-4-19-8-12-27-13-9-22(19)18-24;/h2-7,18,21,27H,1,8-17H2;1H. The number of ketones is 1. The third kappa shape index (κ3) is 6.69. The molecule has 4 nitrogen and oxygen atoms in total. The number of hydrogen-bond acceptors (Lipinski definition) is 4. The van der Waals surface area contributed by atoms with Gasteiger partial charge in [-0.1, -0.05) is 17.7 Å². The fraction of sp³-hybridized carbons (Fsp3) is 0.480. The Balaban J connectivity index is 0.00000272. The van der Waals surface area contributed by atoms with Gasteiger partial charge < -0.3 is 15.0 Å². The van der Waals surface area contributed by atoms with Gasteiger partial charge in [0.15, 0.2) is 5.78 Å². The second kappa shape index (κ2) is 11.9. The molecule has 2 aliphatic heterocycles. The van der Waals surface area contributed by atoms with E-state index in [-0.39, 0.29) is 24.1 Å². The summed E-state index contributed by atoms with van der Waals surface area (Å²) in [6.07, 6.45) is 5.05. The highest BCUT2D eigenvalue weighted by Gasteiger charge is 2.25. The average Bonchev–Trinajstić information content (AvgIpc) is 3.02. The number of likely N-dealkylation sites (tertiary alicyclic amines) is 1. The van der Waals surface area contributed by atoms with E-state index in [1.165, 1.54) is 11.1 Å². The van der Waals surface area contributed by atoms with E-state index >= 15 is 0 Å². The van der Waals surface area contributed by atoms with Crippen molar-refractivity contribution in [1.82, 2.24) is 10.2 Å². The maximum atomic E-state index is 12.7. The van der Waals surface area contributed by atoms with E-state index in [9.17, 15) is 4.79 Å². The summed E-state index contributed by atoms with van der Waals surface area (Å²) in [5.41, 5.74) is 3.65. The van der Waals surface area contributed by atoms with Crippen molar-refractivity contribution in [2.24, 2.45) is 5.92 Å². The Hall–Kier alpha value is -1.59. The molecule has 6 heteroatoms. The number of carbonyl (C=O) groups is 1. The minimum absolute atomic E-state index is 0. The highest BCUT2D eigenvalue weighted by molar-refractivity contribution is 6.30. The number of benzene rings is 2. The first-order valence-corrected chi connectivity index (χ1v) is 11.5. The van der Waals surface area contributed by atoms with E-state index in [4.69, 9.17) is 16.3 Å². The average molecular weight is 463 g/mol. The molecule has 2 aromatic carbocycles. The molecule has 2 heterocycles. The van der Waals surface area contributed by atoms with Gasteiger partial charge in [-0.15, -0.1) is 12.4 Å². The second-order valence-corrected chi connectivity index (χ2v) is 8.81. The predicted octanol–water partition coefficient (Wildman–Crippen LogP) is 4.81. The van der Waals surface area contributed by atoms with E-state index in [0.717, 1.165) is 82.7 Å². The monoisotopic (exact) mass is 462 g/mol. The quantitative estimate of drug-likeness (QED) is 0.473. The molecule has 2 aliphatic rings. The number of rotatable bonds is 7. The van der Waals surface area contributed by atoms with Gasteiger partial charge in [-0.3, -0.25) is 4.79 Å². The van der Waals surface area contributed by atoms with E-state index < -0.39 is 0 Å². The minimum Gasteiger partial charge on any atom is -0.494 e. The normalized spacial score (nSPS) is 17.3. The summed E-state index contributed by atoms with van der Waals surface area (Å²) < 4.78 is 6.02. The zero-order valence-electron chi connectivity index (χ0n) is 17.9. The molecule has 1 saturated heterocycles. The highest BCUT2D eigenvalue weighted by atomic mass is 35.5. The largest absolute Gasteiger partial charge is 0.494 e. The van der Waals surface area contributed by atoms with E-state index in [1.54, 1.807) is 12.1 Å². The van der Waals surface area contributed by atoms with Crippen molar-refractivity contribution >= 4 is 29.8 Å². The molecule has 4 rings (SSSR count). The number of nitrogens with zero attached hydrogens (tertiary/aromatic N) is 1. The molecule has 0 aromatic heterocycles. The van der Waals surface area contributed by atoms with Crippen LogP contribution in [0.1, 0.15) is 40.7 Å². The summed E-state index contributed by atoms with van der Waals surface area (Å²) in [5, 5.41) is 4.12.